The Hall–Kier alpha value is -0.570. The van der Waals surface area contributed by atoms with Crippen LogP contribution in [-0.2, 0) is 19.0 Å². The minimum atomic E-state index is -0.721. The molecule has 0 spiro atoms. The second-order valence-electron chi connectivity index (χ2n) is 4.81. The van der Waals surface area contributed by atoms with E-state index in [1.807, 2.05) is 4.93 Å². The van der Waals surface area contributed by atoms with Gasteiger partial charge in [-0.05, 0) is 25.7 Å². The van der Waals surface area contributed by atoms with E-state index in [0.717, 1.165) is 0 Å². The average Bonchev–Trinajstić information content (AvgIpc) is 2.38. The molecule has 1 aliphatic heterocycles. The highest BCUT2D eigenvalue weighted by Gasteiger charge is 2.32. The lowest BCUT2D eigenvalue weighted by Gasteiger charge is -2.32. The van der Waals surface area contributed by atoms with Gasteiger partial charge in [-0.2, -0.15) is 0 Å². The lowest BCUT2D eigenvalue weighted by atomic mass is 10.2. The van der Waals surface area contributed by atoms with Crippen molar-refractivity contribution in [3.8, 4) is 0 Å². The summed E-state index contributed by atoms with van der Waals surface area (Å²) >= 11 is 2.15. The van der Waals surface area contributed by atoms with Crippen molar-refractivity contribution >= 4 is 34.7 Å². The molecule has 0 aromatic heterocycles. The third-order valence-corrected chi connectivity index (χ3v) is 2.18. The van der Waals surface area contributed by atoms with Gasteiger partial charge in [-0.15, -0.1) is 0 Å². The molecule has 19 heavy (non-hydrogen) atoms. The number of ether oxygens (including phenoxy) is 3. The molecule has 0 aliphatic carbocycles. The normalized spacial score (nSPS) is 19.1. The molecule has 1 amide bonds. The molecule has 1 saturated heterocycles. The monoisotopic (exact) mass is 387 g/mol. The Morgan fingerprint density at radius 1 is 1.32 bits per heavy atom. The first kappa shape index (κ1) is 18.4. The highest BCUT2D eigenvalue weighted by molar-refractivity contribution is 14.1. The molecule has 7 heteroatoms. The van der Waals surface area contributed by atoms with Crippen LogP contribution in [0.4, 0.5) is 4.79 Å². The number of methoxy groups -OCH3 is 1. The van der Waals surface area contributed by atoms with E-state index in [-0.39, 0.29) is 6.54 Å². The number of rotatable bonds is 1. The van der Waals surface area contributed by atoms with Crippen molar-refractivity contribution in [2.24, 2.45) is 0 Å². The maximum absolute atomic E-state index is 11.8. The summed E-state index contributed by atoms with van der Waals surface area (Å²) in [6.07, 6.45) is -1.16. The Morgan fingerprint density at radius 3 is 2.37 bits per heavy atom. The number of carbonyl (C=O) groups is 2. The van der Waals surface area contributed by atoms with Crippen molar-refractivity contribution in [2.45, 2.75) is 32.5 Å². The highest BCUT2D eigenvalue weighted by atomic mass is 127. The third kappa shape index (κ3) is 6.95. The van der Waals surface area contributed by atoms with Crippen LogP contribution >= 0.6 is 22.6 Å². The summed E-state index contributed by atoms with van der Waals surface area (Å²) < 4.78 is 15.0. The van der Waals surface area contributed by atoms with Crippen LogP contribution in [0, 0.1) is 0 Å². The first-order valence-corrected chi connectivity index (χ1v) is 8.04. The molecule has 112 valence electrons. The van der Waals surface area contributed by atoms with Crippen molar-refractivity contribution in [3.63, 3.8) is 0 Å². The van der Waals surface area contributed by atoms with Gasteiger partial charge in [-0.25, -0.2) is 9.59 Å². The highest BCUT2D eigenvalue weighted by Crippen LogP contribution is 2.13. The topological polar surface area (TPSA) is 65.1 Å². The van der Waals surface area contributed by atoms with Gasteiger partial charge in [0.15, 0.2) is 6.10 Å². The van der Waals surface area contributed by atoms with Crippen LogP contribution in [0.1, 0.15) is 20.8 Å². The van der Waals surface area contributed by atoms with E-state index in [0.29, 0.717) is 13.2 Å². The molecule has 0 bridgehead atoms. The number of carbonyl (C=O) groups excluding carboxylic acids is 2. The van der Waals surface area contributed by atoms with Gasteiger partial charge < -0.3 is 19.1 Å². The van der Waals surface area contributed by atoms with E-state index in [2.05, 4.69) is 27.3 Å². The Bertz CT molecular complexity index is 303. The van der Waals surface area contributed by atoms with Gasteiger partial charge in [0, 0.05) is 6.54 Å². The average molecular weight is 387 g/mol. The van der Waals surface area contributed by atoms with Crippen molar-refractivity contribution in [2.75, 3.05) is 31.7 Å². The molecule has 1 rings (SSSR count). The molecule has 0 radical (unpaired) electrons. The molecular weight excluding hydrogens is 365 g/mol. The smallest absolute Gasteiger partial charge is 0.410 e. The number of alkyl halides is 1. The Balaban J connectivity index is 0.00000154. The number of halogens is 1. The Morgan fingerprint density at radius 2 is 1.89 bits per heavy atom. The van der Waals surface area contributed by atoms with Gasteiger partial charge in [-0.1, -0.05) is 22.6 Å². The number of hydrogen-bond donors (Lipinski definition) is 0. The lowest BCUT2D eigenvalue weighted by molar-refractivity contribution is -0.159. The summed E-state index contributed by atoms with van der Waals surface area (Å²) in [6.45, 7) is 6.28. The van der Waals surface area contributed by atoms with Gasteiger partial charge in [-0.3, -0.25) is 0 Å². The van der Waals surface area contributed by atoms with Crippen LogP contribution < -0.4 is 0 Å². The molecule has 1 unspecified atom stereocenters. The van der Waals surface area contributed by atoms with Crippen LogP contribution in [0.3, 0.4) is 0 Å². The Kier molecular flexibility index (Phi) is 8.31. The first-order valence-electron chi connectivity index (χ1n) is 5.88. The van der Waals surface area contributed by atoms with Gasteiger partial charge in [0.2, 0.25) is 0 Å². The van der Waals surface area contributed by atoms with E-state index in [4.69, 9.17) is 9.47 Å². The van der Waals surface area contributed by atoms with E-state index in [1.165, 1.54) is 12.0 Å². The molecule has 0 aromatic carbocycles. The van der Waals surface area contributed by atoms with Crippen molar-refractivity contribution in [3.05, 3.63) is 0 Å². The summed E-state index contributed by atoms with van der Waals surface area (Å²) in [4.78, 5) is 26.5. The quantitative estimate of drug-likeness (QED) is 0.390. The van der Waals surface area contributed by atoms with Crippen LogP contribution in [0.25, 0.3) is 0 Å². The molecular formula is C12H22INO5. The minimum absolute atomic E-state index is 0.168. The van der Waals surface area contributed by atoms with Crippen LogP contribution in [0.5, 0.6) is 0 Å². The number of hydrogen-bond acceptors (Lipinski definition) is 5. The first-order chi connectivity index (χ1) is 8.83. The fourth-order valence-electron chi connectivity index (χ4n) is 1.42. The van der Waals surface area contributed by atoms with Gasteiger partial charge in [0.25, 0.3) is 0 Å². The molecule has 0 saturated carbocycles. The maximum Gasteiger partial charge on any atom is 0.410 e. The van der Waals surface area contributed by atoms with E-state index >= 15 is 0 Å². The SMILES string of the molecule is CI.COC(=O)C1CN(C(=O)OC(C)(C)C)CCO1. The summed E-state index contributed by atoms with van der Waals surface area (Å²) in [7, 11) is 1.29. The zero-order valence-corrected chi connectivity index (χ0v) is 14.2. The minimum Gasteiger partial charge on any atom is -0.467 e. The summed E-state index contributed by atoms with van der Waals surface area (Å²) in [5.41, 5.74) is -0.545. The van der Waals surface area contributed by atoms with Crippen molar-refractivity contribution in [1.82, 2.24) is 4.90 Å². The second-order valence-corrected chi connectivity index (χ2v) is 4.81. The molecule has 1 aliphatic rings. The number of amides is 1. The van der Waals surface area contributed by atoms with Gasteiger partial charge in [0.05, 0.1) is 20.3 Å². The van der Waals surface area contributed by atoms with Gasteiger partial charge >= 0.3 is 12.1 Å². The molecule has 1 atom stereocenters. The standard InChI is InChI=1S/C11H19NO5.CH3I/c1-11(2,3)17-10(14)12-5-6-16-8(7-12)9(13)15-4;1-2/h8H,5-7H2,1-4H3;1H3. The zero-order chi connectivity index (χ0) is 15.1. The predicted molar refractivity (Wildman–Crippen MR) is 79.5 cm³/mol. The molecule has 0 aromatic rings. The molecule has 6 nitrogen and oxygen atoms in total. The number of morpholine rings is 1. The summed E-state index contributed by atoms with van der Waals surface area (Å²) in [5, 5.41) is 0. The van der Waals surface area contributed by atoms with E-state index in [9.17, 15) is 9.59 Å². The summed E-state index contributed by atoms with van der Waals surface area (Å²) in [5.74, 6) is -0.474. The van der Waals surface area contributed by atoms with Crippen LogP contribution in [0.15, 0.2) is 0 Å². The Labute approximate surface area is 127 Å². The molecule has 1 fully saturated rings. The van der Waals surface area contributed by atoms with Crippen LogP contribution in [-0.4, -0.2) is 60.4 Å². The fourth-order valence-corrected chi connectivity index (χ4v) is 1.42. The lowest BCUT2D eigenvalue weighted by Crippen LogP contribution is -2.50. The fraction of sp³-hybridized carbons (Fsp3) is 0.833. The summed E-state index contributed by atoms with van der Waals surface area (Å²) in [6, 6.07) is 0. The van der Waals surface area contributed by atoms with Crippen molar-refractivity contribution in [1.29, 1.82) is 0 Å². The number of nitrogens with zero attached hydrogens (tertiary/aromatic N) is 1. The van der Waals surface area contributed by atoms with Crippen molar-refractivity contribution < 1.29 is 23.8 Å². The van der Waals surface area contributed by atoms with Gasteiger partial charge in [0.1, 0.15) is 5.60 Å². The zero-order valence-electron chi connectivity index (χ0n) is 12.1. The largest absolute Gasteiger partial charge is 0.467 e. The van der Waals surface area contributed by atoms with E-state index < -0.39 is 23.8 Å². The third-order valence-electron chi connectivity index (χ3n) is 2.18. The molecule has 1 heterocycles. The number of esters is 1. The maximum atomic E-state index is 11.8. The predicted octanol–water partition coefficient (Wildman–Crippen LogP) is 1.85. The van der Waals surface area contributed by atoms with E-state index in [1.54, 1.807) is 20.8 Å². The van der Waals surface area contributed by atoms with Crippen LogP contribution in [0.2, 0.25) is 0 Å². The molecule has 0 N–H and O–H groups in total. The second kappa shape index (κ2) is 8.57.